The molecule has 0 bridgehead atoms. The van der Waals surface area contributed by atoms with Crippen LogP contribution < -0.4 is 5.32 Å². The number of ketones is 1. The average Bonchev–Trinajstić information content (AvgIpc) is 2.04. The molecule has 0 aliphatic rings. The summed E-state index contributed by atoms with van der Waals surface area (Å²) < 4.78 is 0. The van der Waals surface area contributed by atoms with Gasteiger partial charge in [0.1, 0.15) is 5.78 Å². The third kappa shape index (κ3) is 7.26. The van der Waals surface area contributed by atoms with E-state index in [1.165, 1.54) is 0 Å². The monoisotopic (exact) mass is 155 g/mol. The van der Waals surface area contributed by atoms with E-state index in [0.717, 1.165) is 13.1 Å². The van der Waals surface area contributed by atoms with Crippen LogP contribution >= 0.6 is 0 Å². The van der Waals surface area contributed by atoms with E-state index in [9.17, 15) is 4.79 Å². The van der Waals surface area contributed by atoms with Crippen molar-refractivity contribution in [3.8, 4) is 0 Å². The number of carbonyl (C=O) groups excluding carboxylic acids is 1. The molecule has 0 aromatic heterocycles. The molecule has 0 radical (unpaired) electrons. The number of rotatable bonds is 6. The van der Waals surface area contributed by atoms with Crippen molar-refractivity contribution in [2.75, 3.05) is 13.1 Å². The largest absolute Gasteiger partial charge is 0.314 e. The van der Waals surface area contributed by atoms with E-state index in [2.05, 4.69) is 12.2 Å². The van der Waals surface area contributed by atoms with Crippen LogP contribution in [0.3, 0.4) is 0 Å². The molecule has 0 rings (SSSR count). The molecule has 0 atom stereocenters. The Hall–Kier alpha value is -0.630. The second-order valence-electron chi connectivity index (χ2n) is 2.38. The summed E-state index contributed by atoms with van der Waals surface area (Å²) in [5.74, 6) is 0.303. The van der Waals surface area contributed by atoms with Crippen molar-refractivity contribution in [2.45, 2.75) is 26.7 Å². The summed E-state index contributed by atoms with van der Waals surface area (Å²) in [6.45, 7) is 5.80. The maximum atomic E-state index is 10.8. The molecule has 0 saturated carbocycles. The molecule has 0 amide bonds. The number of hydrogen-bond acceptors (Lipinski definition) is 2. The molecule has 2 nitrogen and oxygen atoms in total. The smallest absolute Gasteiger partial charge is 0.136 e. The zero-order valence-electron chi connectivity index (χ0n) is 7.39. The SMILES string of the molecule is CCNC/C=C/CC(=O)CC. The summed E-state index contributed by atoms with van der Waals surface area (Å²) in [6, 6.07) is 0. The van der Waals surface area contributed by atoms with Crippen molar-refractivity contribution >= 4 is 5.78 Å². The van der Waals surface area contributed by atoms with Crippen molar-refractivity contribution < 1.29 is 4.79 Å². The third-order valence-electron chi connectivity index (χ3n) is 1.42. The predicted octanol–water partition coefficient (Wildman–Crippen LogP) is 1.52. The van der Waals surface area contributed by atoms with Gasteiger partial charge in [0.15, 0.2) is 0 Å². The second-order valence-corrected chi connectivity index (χ2v) is 2.38. The number of Topliss-reactive ketones (excluding diaryl/α,β-unsaturated/α-hetero) is 1. The highest BCUT2D eigenvalue weighted by atomic mass is 16.1. The number of likely N-dealkylation sites (N-methyl/N-ethyl adjacent to an activating group) is 1. The van der Waals surface area contributed by atoms with Crippen molar-refractivity contribution in [1.82, 2.24) is 5.32 Å². The van der Waals surface area contributed by atoms with Crippen LogP contribution in [0.25, 0.3) is 0 Å². The Balaban J connectivity index is 3.22. The minimum Gasteiger partial charge on any atom is -0.314 e. The molecule has 2 heteroatoms. The zero-order valence-corrected chi connectivity index (χ0v) is 7.39. The molecule has 0 fully saturated rings. The normalized spacial score (nSPS) is 10.7. The first-order chi connectivity index (χ1) is 5.31. The third-order valence-corrected chi connectivity index (χ3v) is 1.42. The van der Waals surface area contributed by atoms with Gasteiger partial charge < -0.3 is 5.32 Å². The van der Waals surface area contributed by atoms with Crippen LogP contribution in [0.5, 0.6) is 0 Å². The number of allylic oxidation sites excluding steroid dienone is 1. The molecule has 64 valence electrons. The molecule has 0 heterocycles. The highest BCUT2D eigenvalue weighted by Crippen LogP contribution is 1.89. The highest BCUT2D eigenvalue weighted by molar-refractivity contribution is 5.79. The van der Waals surface area contributed by atoms with Crippen LogP contribution in [0.15, 0.2) is 12.2 Å². The van der Waals surface area contributed by atoms with Gasteiger partial charge in [0.25, 0.3) is 0 Å². The van der Waals surface area contributed by atoms with Gasteiger partial charge >= 0.3 is 0 Å². The Morgan fingerprint density at radius 3 is 2.64 bits per heavy atom. The maximum Gasteiger partial charge on any atom is 0.136 e. The summed E-state index contributed by atoms with van der Waals surface area (Å²) in [7, 11) is 0. The van der Waals surface area contributed by atoms with Crippen LogP contribution in [0, 0.1) is 0 Å². The summed E-state index contributed by atoms with van der Waals surface area (Å²) in [5.41, 5.74) is 0. The molecule has 0 unspecified atom stereocenters. The summed E-state index contributed by atoms with van der Waals surface area (Å²) >= 11 is 0. The van der Waals surface area contributed by atoms with Gasteiger partial charge in [-0.3, -0.25) is 4.79 Å². The fraction of sp³-hybridized carbons (Fsp3) is 0.667. The van der Waals surface area contributed by atoms with E-state index >= 15 is 0 Å². The second kappa shape index (κ2) is 7.48. The Morgan fingerprint density at radius 2 is 2.09 bits per heavy atom. The number of nitrogens with one attached hydrogen (secondary N) is 1. The standard InChI is InChI=1S/C9H17NO/c1-3-9(11)7-5-6-8-10-4-2/h5-6,10H,3-4,7-8H2,1-2H3/b6-5+. The Morgan fingerprint density at radius 1 is 1.36 bits per heavy atom. The Labute approximate surface area is 68.7 Å². The Bertz CT molecular complexity index is 130. The fourth-order valence-corrected chi connectivity index (χ4v) is 0.670. The van der Waals surface area contributed by atoms with Gasteiger partial charge in [-0.15, -0.1) is 0 Å². The van der Waals surface area contributed by atoms with Crippen LogP contribution in [-0.4, -0.2) is 18.9 Å². The predicted molar refractivity (Wildman–Crippen MR) is 47.6 cm³/mol. The Kier molecular flexibility index (Phi) is 7.05. The summed E-state index contributed by atoms with van der Waals surface area (Å²) in [5, 5.41) is 3.14. The van der Waals surface area contributed by atoms with Crippen LogP contribution in [0.4, 0.5) is 0 Å². The summed E-state index contributed by atoms with van der Waals surface area (Å²) in [4.78, 5) is 10.8. The minimum absolute atomic E-state index is 0.303. The molecule has 0 aliphatic heterocycles. The van der Waals surface area contributed by atoms with Gasteiger partial charge in [-0.25, -0.2) is 0 Å². The lowest BCUT2D eigenvalue weighted by atomic mass is 10.2. The van der Waals surface area contributed by atoms with Gasteiger partial charge in [0.2, 0.25) is 0 Å². The molecular formula is C9H17NO. The molecule has 0 aromatic rings. The topological polar surface area (TPSA) is 29.1 Å². The molecule has 0 aliphatic carbocycles. The highest BCUT2D eigenvalue weighted by Gasteiger charge is 1.90. The zero-order chi connectivity index (χ0) is 8.53. The van der Waals surface area contributed by atoms with E-state index < -0.39 is 0 Å². The first-order valence-electron chi connectivity index (χ1n) is 4.18. The van der Waals surface area contributed by atoms with Crippen molar-refractivity contribution in [3.05, 3.63) is 12.2 Å². The molecule has 11 heavy (non-hydrogen) atoms. The van der Waals surface area contributed by atoms with Gasteiger partial charge in [-0.05, 0) is 6.54 Å². The van der Waals surface area contributed by atoms with E-state index in [0.29, 0.717) is 18.6 Å². The first kappa shape index (κ1) is 10.4. The van der Waals surface area contributed by atoms with Gasteiger partial charge in [-0.2, -0.15) is 0 Å². The van der Waals surface area contributed by atoms with E-state index in [4.69, 9.17) is 0 Å². The first-order valence-corrected chi connectivity index (χ1v) is 4.18. The lowest BCUT2D eigenvalue weighted by Crippen LogP contribution is -2.11. The number of carbonyl (C=O) groups is 1. The molecule has 0 saturated heterocycles. The maximum absolute atomic E-state index is 10.8. The number of hydrogen-bond donors (Lipinski definition) is 1. The molecule has 1 N–H and O–H groups in total. The van der Waals surface area contributed by atoms with Crippen LogP contribution in [0.1, 0.15) is 26.7 Å². The van der Waals surface area contributed by atoms with Gasteiger partial charge in [0.05, 0.1) is 0 Å². The van der Waals surface area contributed by atoms with Crippen LogP contribution in [-0.2, 0) is 4.79 Å². The average molecular weight is 155 g/mol. The molecule has 0 aromatic carbocycles. The lowest BCUT2D eigenvalue weighted by molar-refractivity contribution is -0.117. The van der Waals surface area contributed by atoms with Gasteiger partial charge in [0, 0.05) is 19.4 Å². The fourth-order valence-electron chi connectivity index (χ4n) is 0.670. The van der Waals surface area contributed by atoms with Crippen molar-refractivity contribution in [2.24, 2.45) is 0 Å². The van der Waals surface area contributed by atoms with Crippen LogP contribution in [0.2, 0.25) is 0 Å². The minimum atomic E-state index is 0.303. The van der Waals surface area contributed by atoms with Crippen molar-refractivity contribution in [1.29, 1.82) is 0 Å². The lowest BCUT2D eigenvalue weighted by Gasteiger charge is -1.92. The van der Waals surface area contributed by atoms with Crippen molar-refractivity contribution in [3.63, 3.8) is 0 Å². The van der Waals surface area contributed by atoms with E-state index in [1.54, 1.807) is 0 Å². The molecular weight excluding hydrogens is 138 g/mol. The summed E-state index contributed by atoms with van der Waals surface area (Å²) in [6.07, 6.45) is 5.15. The van der Waals surface area contributed by atoms with Gasteiger partial charge in [-0.1, -0.05) is 26.0 Å². The van der Waals surface area contributed by atoms with E-state index in [1.807, 2.05) is 19.1 Å². The van der Waals surface area contributed by atoms with E-state index in [-0.39, 0.29) is 0 Å². The quantitative estimate of drug-likeness (QED) is 0.465. The molecule has 0 spiro atoms.